The number of nitrogens with one attached hydrogen (secondary N) is 2. The lowest BCUT2D eigenvalue weighted by molar-refractivity contribution is -0.144. The molecule has 0 aromatic carbocycles. The number of carboxylic acid groups (broad SMARTS) is 1. The molecule has 0 aliphatic carbocycles. The third kappa shape index (κ3) is 6.24. The Balaban J connectivity index is 1.73. The first kappa shape index (κ1) is 20.7. The number of hydrogen-bond donors (Lipinski definition) is 3. The van der Waals surface area contributed by atoms with E-state index in [9.17, 15) is 22.8 Å². The highest BCUT2D eigenvalue weighted by Gasteiger charge is 2.32. The Bertz CT molecular complexity index is 648. The van der Waals surface area contributed by atoms with Gasteiger partial charge < -0.3 is 15.3 Å². The van der Waals surface area contributed by atoms with Crippen molar-refractivity contribution in [2.45, 2.75) is 32.0 Å². The van der Waals surface area contributed by atoms with Crippen LogP contribution in [0.5, 0.6) is 0 Å². The number of hydroxylamine groups is 1. The van der Waals surface area contributed by atoms with E-state index in [1.807, 2.05) is 0 Å². The fourth-order valence-electron chi connectivity index (χ4n) is 2.37. The molecule has 2 amide bonds. The highest BCUT2D eigenvalue weighted by atomic mass is 19.4. The first-order chi connectivity index (χ1) is 12.7. The summed E-state index contributed by atoms with van der Waals surface area (Å²) in [7, 11) is 0. The van der Waals surface area contributed by atoms with Crippen LogP contribution in [0.3, 0.4) is 0 Å². The Kier molecular flexibility index (Phi) is 6.77. The zero-order chi connectivity index (χ0) is 20.0. The van der Waals surface area contributed by atoms with Crippen molar-refractivity contribution in [1.82, 2.24) is 20.8 Å². The number of anilines is 1. The van der Waals surface area contributed by atoms with Crippen molar-refractivity contribution >= 4 is 17.9 Å². The number of carbonyl (C=O) groups excluding carboxylic acids is 1. The van der Waals surface area contributed by atoms with Crippen molar-refractivity contribution in [2.75, 3.05) is 24.6 Å². The van der Waals surface area contributed by atoms with Gasteiger partial charge >= 0.3 is 18.2 Å². The van der Waals surface area contributed by atoms with Crippen LogP contribution in [0, 0.1) is 5.92 Å². The van der Waals surface area contributed by atoms with E-state index in [0.717, 1.165) is 12.4 Å². The highest BCUT2D eigenvalue weighted by molar-refractivity contribution is 5.73. The van der Waals surface area contributed by atoms with Gasteiger partial charge in [-0.1, -0.05) is 0 Å². The van der Waals surface area contributed by atoms with Gasteiger partial charge in [0.1, 0.15) is 0 Å². The van der Waals surface area contributed by atoms with Crippen LogP contribution < -0.4 is 15.7 Å². The predicted octanol–water partition coefficient (Wildman–Crippen LogP) is 1.42. The van der Waals surface area contributed by atoms with Crippen LogP contribution in [-0.2, 0) is 15.8 Å². The molecule has 1 saturated heterocycles. The number of alkyl halides is 3. The second kappa shape index (κ2) is 8.84. The number of aromatic nitrogens is 2. The molecule has 1 atom stereocenters. The maximum Gasteiger partial charge on any atom is 0.419 e. The third-order valence-corrected chi connectivity index (χ3v) is 4.00. The minimum Gasteiger partial charge on any atom is -0.481 e. The van der Waals surface area contributed by atoms with Crippen molar-refractivity contribution in [3.8, 4) is 0 Å². The van der Waals surface area contributed by atoms with Gasteiger partial charge in [-0.25, -0.2) is 20.2 Å². The highest BCUT2D eigenvalue weighted by Crippen LogP contribution is 2.28. The average molecular weight is 391 g/mol. The molecule has 0 spiro atoms. The summed E-state index contributed by atoms with van der Waals surface area (Å²) in [4.78, 5) is 36.4. The van der Waals surface area contributed by atoms with E-state index in [1.54, 1.807) is 4.90 Å². The van der Waals surface area contributed by atoms with Gasteiger partial charge in [0.25, 0.3) is 0 Å². The fourth-order valence-corrected chi connectivity index (χ4v) is 2.37. The minimum absolute atomic E-state index is 0.156. The zero-order valence-electron chi connectivity index (χ0n) is 14.5. The Morgan fingerprint density at radius 1 is 1.33 bits per heavy atom. The van der Waals surface area contributed by atoms with E-state index in [2.05, 4.69) is 20.8 Å². The molecule has 2 heterocycles. The van der Waals surface area contributed by atoms with Crippen molar-refractivity contribution in [2.24, 2.45) is 5.92 Å². The topological polar surface area (TPSA) is 117 Å². The van der Waals surface area contributed by atoms with Crippen molar-refractivity contribution in [3.63, 3.8) is 0 Å². The normalized spacial score (nSPS) is 16.7. The Labute approximate surface area is 152 Å². The molecule has 150 valence electrons. The van der Waals surface area contributed by atoms with Gasteiger partial charge in [0.05, 0.1) is 18.1 Å². The summed E-state index contributed by atoms with van der Waals surface area (Å²) in [5, 5.41) is 11.4. The maximum atomic E-state index is 12.5. The molecule has 1 aliphatic heterocycles. The fraction of sp³-hybridized carbons (Fsp3) is 0.600. The van der Waals surface area contributed by atoms with Crippen LogP contribution in [0.2, 0.25) is 0 Å². The summed E-state index contributed by atoms with van der Waals surface area (Å²) in [5.41, 5.74) is 1.21. The number of carboxylic acids is 1. The van der Waals surface area contributed by atoms with Gasteiger partial charge in [-0.2, -0.15) is 13.2 Å². The lowest BCUT2D eigenvalue weighted by Crippen LogP contribution is -2.48. The number of halogens is 3. The molecule has 0 bridgehead atoms. The van der Waals surface area contributed by atoms with Crippen molar-refractivity contribution < 1.29 is 32.7 Å². The standard InChI is InChI=1S/C15H20F3N5O4/c1-9(12(24)25)8-27-22-14(26)21-11-2-4-23(5-3-11)13-19-6-10(7-20-13)15(16,17)18/h6-7,9,11H,2-5,8H2,1H3,(H,24,25)(H2,21,22,26)/t9-/m0/s1. The molecule has 27 heavy (non-hydrogen) atoms. The van der Waals surface area contributed by atoms with Gasteiger partial charge in [-0.05, 0) is 19.8 Å². The number of piperidine rings is 1. The summed E-state index contributed by atoms with van der Waals surface area (Å²) in [5.74, 6) is -1.58. The van der Waals surface area contributed by atoms with Crippen LogP contribution in [0.25, 0.3) is 0 Å². The number of hydrogen-bond acceptors (Lipinski definition) is 6. The van der Waals surface area contributed by atoms with Gasteiger partial charge in [0.2, 0.25) is 5.95 Å². The molecule has 2 rings (SSSR count). The second-order valence-electron chi connectivity index (χ2n) is 6.16. The summed E-state index contributed by atoms with van der Waals surface area (Å²) in [6.07, 6.45) is -1.90. The smallest absolute Gasteiger partial charge is 0.419 e. The number of urea groups is 1. The van der Waals surface area contributed by atoms with Crippen LogP contribution >= 0.6 is 0 Å². The van der Waals surface area contributed by atoms with E-state index in [1.165, 1.54) is 6.92 Å². The second-order valence-corrected chi connectivity index (χ2v) is 6.16. The molecule has 0 saturated carbocycles. The lowest BCUT2D eigenvalue weighted by Gasteiger charge is -2.32. The average Bonchev–Trinajstić information content (AvgIpc) is 2.61. The summed E-state index contributed by atoms with van der Waals surface area (Å²) >= 11 is 0. The van der Waals surface area contributed by atoms with Gasteiger partial charge in [0, 0.05) is 31.5 Å². The van der Waals surface area contributed by atoms with Crippen LogP contribution in [0.15, 0.2) is 12.4 Å². The van der Waals surface area contributed by atoms with Crippen molar-refractivity contribution in [1.29, 1.82) is 0 Å². The molecule has 9 nitrogen and oxygen atoms in total. The van der Waals surface area contributed by atoms with Gasteiger partial charge in [-0.3, -0.25) is 9.63 Å². The first-order valence-electron chi connectivity index (χ1n) is 8.22. The number of rotatable bonds is 6. The molecule has 1 aromatic heterocycles. The molecular weight excluding hydrogens is 371 g/mol. The molecule has 3 N–H and O–H groups in total. The van der Waals surface area contributed by atoms with Crippen molar-refractivity contribution in [3.05, 3.63) is 18.0 Å². The van der Waals surface area contributed by atoms with Crippen LogP contribution in [0.1, 0.15) is 25.3 Å². The number of amides is 2. The Morgan fingerprint density at radius 3 is 2.44 bits per heavy atom. The largest absolute Gasteiger partial charge is 0.481 e. The Morgan fingerprint density at radius 2 is 1.93 bits per heavy atom. The molecule has 0 unspecified atom stereocenters. The molecule has 0 radical (unpaired) electrons. The van der Waals surface area contributed by atoms with Crippen LogP contribution in [-0.4, -0.2) is 52.8 Å². The van der Waals surface area contributed by atoms with Gasteiger partial charge in [0.15, 0.2) is 0 Å². The van der Waals surface area contributed by atoms with E-state index in [-0.39, 0.29) is 18.6 Å². The van der Waals surface area contributed by atoms with Crippen LogP contribution in [0.4, 0.5) is 23.9 Å². The molecule has 1 aromatic rings. The molecular formula is C15H20F3N5O4. The molecule has 1 fully saturated rings. The quantitative estimate of drug-likeness (QED) is 0.628. The summed E-state index contributed by atoms with van der Waals surface area (Å²) in [6, 6.07) is -0.743. The summed E-state index contributed by atoms with van der Waals surface area (Å²) in [6.45, 7) is 2.22. The Hall–Kier alpha value is -2.63. The van der Waals surface area contributed by atoms with E-state index in [0.29, 0.717) is 25.9 Å². The van der Waals surface area contributed by atoms with Gasteiger partial charge in [-0.15, -0.1) is 0 Å². The number of carbonyl (C=O) groups is 2. The molecule has 12 heteroatoms. The lowest BCUT2D eigenvalue weighted by atomic mass is 10.1. The number of nitrogens with zero attached hydrogens (tertiary/aromatic N) is 3. The molecule has 1 aliphatic rings. The first-order valence-corrected chi connectivity index (χ1v) is 8.22. The van der Waals surface area contributed by atoms with E-state index in [4.69, 9.17) is 9.94 Å². The van der Waals surface area contributed by atoms with E-state index < -0.39 is 29.7 Å². The third-order valence-electron chi connectivity index (χ3n) is 4.00. The maximum absolute atomic E-state index is 12.5. The number of aliphatic carboxylic acids is 1. The monoisotopic (exact) mass is 391 g/mol. The zero-order valence-corrected chi connectivity index (χ0v) is 14.5. The minimum atomic E-state index is -4.48. The van der Waals surface area contributed by atoms with E-state index >= 15 is 0 Å². The SMILES string of the molecule is C[C@@H](CONC(=O)NC1CCN(c2ncc(C(F)(F)F)cn2)CC1)C(=O)O. The summed E-state index contributed by atoms with van der Waals surface area (Å²) < 4.78 is 37.6. The predicted molar refractivity (Wildman–Crippen MR) is 86.7 cm³/mol.